The largest absolute Gasteiger partial charge is 0.465 e. The fraction of sp³-hybridized carbons (Fsp3) is 0.438. The summed E-state index contributed by atoms with van der Waals surface area (Å²) >= 11 is 7.54. The van der Waals surface area contributed by atoms with E-state index in [1.54, 1.807) is 0 Å². The monoisotopic (exact) mass is 411 g/mol. The van der Waals surface area contributed by atoms with E-state index in [9.17, 15) is 14.9 Å². The van der Waals surface area contributed by atoms with Gasteiger partial charge in [0.15, 0.2) is 0 Å². The van der Waals surface area contributed by atoms with Crippen LogP contribution >= 0.6 is 23.1 Å². The molecule has 0 bridgehead atoms. The molecule has 0 radical (unpaired) electrons. The Morgan fingerprint density at radius 2 is 2.00 bits per heavy atom. The van der Waals surface area contributed by atoms with Gasteiger partial charge in [-0.3, -0.25) is 10.1 Å². The third kappa shape index (κ3) is 4.11. The highest BCUT2D eigenvalue weighted by Gasteiger charge is 2.27. The van der Waals surface area contributed by atoms with Crippen LogP contribution in [0.2, 0.25) is 5.02 Å². The predicted octanol–water partition coefficient (Wildman–Crippen LogP) is 2.91. The van der Waals surface area contributed by atoms with Crippen LogP contribution in [0.1, 0.15) is 22.6 Å². The van der Waals surface area contributed by atoms with Gasteiger partial charge < -0.3 is 14.5 Å². The quantitative estimate of drug-likeness (QED) is 0.430. The Balaban J connectivity index is 1.88. The van der Waals surface area contributed by atoms with Gasteiger partial charge in [0.25, 0.3) is 5.69 Å². The number of aromatic nitrogens is 2. The van der Waals surface area contributed by atoms with Crippen molar-refractivity contribution < 1.29 is 14.5 Å². The molecule has 1 aromatic heterocycles. The highest BCUT2D eigenvalue weighted by molar-refractivity contribution is 7.09. The van der Waals surface area contributed by atoms with Gasteiger partial charge in [-0.25, -0.2) is 9.78 Å². The zero-order valence-electron chi connectivity index (χ0n) is 14.8. The maximum atomic E-state index is 11.8. The lowest BCUT2D eigenvalue weighted by Gasteiger charge is -2.23. The number of rotatable bonds is 4. The van der Waals surface area contributed by atoms with E-state index in [2.05, 4.69) is 19.0 Å². The van der Waals surface area contributed by atoms with Gasteiger partial charge >= 0.3 is 5.97 Å². The maximum Gasteiger partial charge on any atom is 0.339 e. The number of ether oxygens (including phenoxy) is 1. The van der Waals surface area contributed by atoms with Crippen LogP contribution < -0.4 is 9.80 Å². The second kappa shape index (κ2) is 8.05. The molecule has 11 heteroatoms. The van der Waals surface area contributed by atoms with Crippen LogP contribution in [0.3, 0.4) is 0 Å². The summed E-state index contributed by atoms with van der Waals surface area (Å²) in [6.07, 6.45) is 0.798. The molecule has 2 aromatic rings. The molecule has 9 nitrogen and oxygen atoms in total. The molecule has 1 aliphatic rings. The fourth-order valence-corrected chi connectivity index (χ4v) is 3.94. The van der Waals surface area contributed by atoms with Crippen LogP contribution in [0.5, 0.6) is 0 Å². The number of benzene rings is 1. The highest BCUT2D eigenvalue weighted by Crippen LogP contribution is 2.35. The molecular weight excluding hydrogens is 394 g/mol. The van der Waals surface area contributed by atoms with Gasteiger partial charge in [0.05, 0.1) is 22.6 Å². The van der Waals surface area contributed by atoms with Gasteiger partial charge in [-0.15, -0.1) is 0 Å². The van der Waals surface area contributed by atoms with Gasteiger partial charge in [-0.2, -0.15) is 4.37 Å². The lowest BCUT2D eigenvalue weighted by Crippen LogP contribution is -2.31. The molecule has 0 amide bonds. The number of nitro benzene ring substituents is 1. The smallest absolute Gasteiger partial charge is 0.339 e. The Morgan fingerprint density at radius 3 is 2.63 bits per heavy atom. The third-order valence-corrected chi connectivity index (χ3v) is 5.47. The van der Waals surface area contributed by atoms with Crippen molar-refractivity contribution in [3.05, 3.63) is 38.7 Å². The number of hydrogen-bond acceptors (Lipinski definition) is 9. The van der Waals surface area contributed by atoms with Crippen LogP contribution in [-0.2, 0) is 4.74 Å². The summed E-state index contributed by atoms with van der Waals surface area (Å²) in [6, 6.07) is 2.65. The Morgan fingerprint density at radius 1 is 1.30 bits per heavy atom. The Hall–Kier alpha value is -2.46. The molecule has 0 unspecified atom stereocenters. The molecule has 3 rings (SSSR count). The van der Waals surface area contributed by atoms with E-state index in [4.69, 9.17) is 11.6 Å². The molecule has 144 valence electrons. The van der Waals surface area contributed by atoms with Crippen LogP contribution in [0.25, 0.3) is 0 Å². The van der Waals surface area contributed by atoms with Gasteiger partial charge in [0.2, 0.25) is 5.13 Å². The van der Waals surface area contributed by atoms with Gasteiger partial charge in [0.1, 0.15) is 11.5 Å². The first kappa shape index (κ1) is 19.3. The van der Waals surface area contributed by atoms with Crippen molar-refractivity contribution in [1.29, 1.82) is 0 Å². The number of nitro groups is 1. The van der Waals surface area contributed by atoms with Crippen molar-refractivity contribution in [2.24, 2.45) is 0 Å². The Bertz CT molecular complexity index is 874. The SMILES string of the molecule is COC(=O)c1cc([N+](=O)[O-])c(N2CCCN(c3nc(C)ns3)CC2)cc1Cl. The number of hydrogen-bond donors (Lipinski definition) is 0. The first-order valence-electron chi connectivity index (χ1n) is 8.27. The van der Waals surface area contributed by atoms with E-state index in [1.807, 2.05) is 11.8 Å². The Kier molecular flexibility index (Phi) is 5.76. The number of anilines is 2. The number of aryl methyl sites for hydroxylation is 1. The van der Waals surface area contributed by atoms with Crippen molar-refractivity contribution in [1.82, 2.24) is 9.36 Å². The van der Waals surface area contributed by atoms with Crippen molar-refractivity contribution in [3.63, 3.8) is 0 Å². The standard InChI is InChI=1S/C16H18ClN5O4S/c1-10-18-16(27-19-10)21-5-3-4-20(6-7-21)13-9-12(17)11(15(23)26-2)8-14(13)22(24)25/h8-9H,3-7H2,1-2H3. The molecule has 1 aromatic carbocycles. The third-order valence-electron chi connectivity index (χ3n) is 4.29. The number of nitrogens with zero attached hydrogens (tertiary/aromatic N) is 5. The van der Waals surface area contributed by atoms with E-state index >= 15 is 0 Å². The molecule has 0 N–H and O–H groups in total. The molecule has 0 saturated carbocycles. The maximum absolute atomic E-state index is 11.8. The lowest BCUT2D eigenvalue weighted by molar-refractivity contribution is -0.384. The van der Waals surface area contributed by atoms with Gasteiger partial charge in [-0.1, -0.05) is 11.6 Å². The minimum absolute atomic E-state index is 0.0181. The summed E-state index contributed by atoms with van der Waals surface area (Å²) in [6.45, 7) is 4.48. The number of esters is 1. The molecule has 2 heterocycles. The van der Waals surface area contributed by atoms with Crippen LogP contribution in [-0.4, -0.2) is 53.5 Å². The summed E-state index contributed by atoms with van der Waals surface area (Å²) in [5, 5.41) is 12.5. The first-order valence-corrected chi connectivity index (χ1v) is 9.42. The van der Waals surface area contributed by atoms with Crippen LogP contribution in [0.15, 0.2) is 12.1 Å². The van der Waals surface area contributed by atoms with E-state index in [0.717, 1.165) is 23.9 Å². The Labute approximate surface area is 164 Å². The topological polar surface area (TPSA) is 102 Å². The summed E-state index contributed by atoms with van der Waals surface area (Å²) in [7, 11) is 1.21. The van der Waals surface area contributed by atoms with Crippen LogP contribution in [0.4, 0.5) is 16.5 Å². The van der Waals surface area contributed by atoms with Gasteiger partial charge in [0, 0.05) is 43.8 Å². The van der Waals surface area contributed by atoms with Crippen molar-refractivity contribution in [3.8, 4) is 0 Å². The molecule has 1 saturated heterocycles. The predicted molar refractivity (Wildman–Crippen MR) is 103 cm³/mol. The van der Waals surface area contributed by atoms with E-state index in [1.165, 1.54) is 30.8 Å². The van der Waals surface area contributed by atoms with E-state index < -0.39 is 10.9 Å². The van der Waals surface area contributed by atoms with Crippen LogP contribution in [0, 0.1) is 17.0 Å². The number of halogens is 1. The van der Waals surface area contributed by atoms with Crippen molar-refractivity contribution in [2.75, 3.05) is 43.1 Å². The zero-order valence-corrected chi connectivity index (χ0v) is 16.4. The summed E-state index contributed by atoms with van der Waals surface area (Å²) < 4.78 is 8.85. The molecule has 1 fully saturated rings. The molecular formula is C16H18ClN5O4S. The second-order valence-electron chi connectivity index (χ2n) is 6.02. The number of carbonyl (C=O) groups excluding carboxylic acids is 1. The second-order valence-corrected chi connectivity index (χ2v) is 7.16. The molecule has 1 aliphatic heterocycles. The van der Waals surface area contributed by atoms with E-state index in [0.29, 0.717) is 25.3 Å². The molecule has 0 spiro atoms. The van der Waals surface area contributed by atoms with E-state index in [-0.39, 0.29) is 16.3 Å². The summed E-state index contributed by atoms with van der Waals surface area (Å²) in [5.74, 6) is 0.0280. The fourth-order valence-electron chi connectivity index (χ4n) is 2.98. The number of carbonyl (C=O) groups is 1. The zero-order chi connectivity index (χ0) is 19.6. The summed E-state index contributed by atoms with van der Waals surface area (Å²) in [5.41, 5.74) is 0.211. The van der Waals surface area contributed by atoms with Crippen molar-refractivity contribution >= 4 is 45.6 Å². The molecule has 0 aliphatic carbocycles. The lowest BCUT2D eigenvalue weighted by atomic mass is 10.1. The van der Waals surface area contributed by atoms with Gasteiger partial charge in [-0.05, 0) is 19.4 Å². The summed E-state index contributed by atoms with van der Waals surface area (Å²) in [4.78, 5) is 31.3. The normalized spacial score (nSPS) is 14.8. The number of methoxy groups -OCH3 is 1. The average molecular weight is 412 g/mol. The average Bonchev–Trinajstić information content (AvgIpc) is 2.92. The van der Waals surface area contributed by atoms with Crippen molar-refractivity contribution in [2.45, 2.75) is 13.3 Å². The molecule has 27 heavy (non-hydrogen) atoms. The first-order chi connectivity index (χ1) is 12.9. The minimum atomic E-state index is -0.705. The highest BCUT2D eigenvalue weighted by atomic mass is 35.5. The molecule has 0 atom stereocenters. The minimum Gasteiger partial charge on any atom is -0.465 e.